The monoisotopic (exact) mass is 361 g/mol. The summed E-state index contributed by atoms with van der Waals surface area (Å²) < 4.78 is 0. The molecule has 0 radical (unpaired) electrons. The zero-order chi connectivity index (χ0) is 19.7. The van der Waals surface area contributed by atoms with Crippen LogP contribution in [-0.2, 0) is 20.8 Å². The molecular formula is C20H31N3O3. The average molecular weight is 361 g/mol. The van der Waals surface area contributed by atoms with Crippen molar-refractivity contribution in [2.75, 3.05) is 13.1 Å². The van der Waals surface area contributed by atoms with Gasteiger partial charge in [-0.2, -0.15) is 0 Å². The van der Waals surface area contributed by atoms with Crippen LogP contribution < -0.4 is 16.0 Å². The molecule has 0 aliphatic heterocycles. The third-order valence-electron chi connectivity index (χ3n) is 3.91. The average Bonchev–Trinajstić information content (AvgIpc) is 2.56. The van der Waals surface area contributed by atoms with Gasteiger partial charge in [-0.25, -0.2) is 0 Å². The van der Waals surface area contributed by atoms with Crippen LogP contribution in [0.4, 0.5) is 0 Å². The molecule has 0 saturated heterocycles. The molecule has 6 heteroatoms. The van der Waals surface area contributed by atoms with Crippen LogP contribution >= 0.6 is 0 Å². The minimum Gasteiger partial charge on any atom is -0.348 e. The first-order valence-corrected chi connectivity index (χ1v) is 9.08. The Bertz CT molecular complexity index is 609. The second-order valence-electron chi connectivity index (χ2n) is 7.32. The lowest BCUT2D eigenvalue weighted by atomic mass is 9.93. The van der Waals surface area contributed by atoms with Crippen molar-refractivity contribution in [3.63, 3.8) is 0 Å². The number of amides is 3. The summed E-state index contributed by atoms with van der Waals surface area (Å²) in [6.07, 6.45) is 1.03. The Morgan fingerprint density at radius 3 is 1.96 bits per heavy atom. The quantitative estimate of drug-likeness (QED) is 0.628. The zero-order valence-corrected chi connectivity index (χ0v) is 16.4. The van der Waals surface area contributed by atoms with E-state index in [-0.39, 0.29) is 36.9 Å². The summed E-state index contributed by atoms with van der Waals surface area (Å²) in [7, 11) is 0. The number of carbonyl (C=O) groups is 3. The van der Waals surface area contributed by atoms with Crippen molar-refractivity contribution in [1.29, 1.82) is 0 Å². The van der Waals surface area contributed by atoms with Crippen molar-refractivity contribution >= 4 is 17.7 Å². The van der Waals surface area contributed by atoms with E-state index in [9.17, 15) is 14.4 Å². The van der Waals surface area contributed by atoms with Gasteiger partial charge in [0.25, 0.3) is 0 Å². The molecule has 1 rings (SSSR count). The van der Waals surface area contributed by atoms with E-state index in [1.165, 1.54) is 12.5 Å². The third-order valence-corrected chi connectivity index (χ3v) is 3.91. The number of rotatable bonds is 9. The van der Waals surface area contributed by atoms with Gasteiger partial charge in [0.1, 0.15) is 0 Å². The van der Waals surface area contributed by atoms with E-state index in [0.717, 1.165) is 12.0 Å². The van der Waals surface area contributed by atoms with Gasteiger partial charge in [-0.3, -0.25) is 14.4 Å². The first-order valence-electron chi connectivity index (χ1n) is 9.08. The van der Waals surface area contributed by atoms with E-state index in [4.69, 9.17) is 0 Å². The molecule has 0 spiro atoms. The van der Waals surface area contributed by atoms with Gasteiger partial charge >= 0.3 is 0 Å². The predicted molar refractivity (Wildman–Crippen MR) is 102 cm³/mol. The van der Waals surface area contributed by atoms with E-state index in [1.807, 2.05) is 13.8 Å². The van der Waals surface area contributed by atoms with Crippen LogP contribution in [0, 0.1) is 11.8 Å². The first kappa shape index (κ1) is 21.7. The Balaban J connectivity index is 2.60. The Kier molecular flexibility index (Phi) is 8.82. The fourth-order valence-electron chi connectivity index (χ4n) is 2.64. The van der Waals surface area contributed by atoms with Gasteiger partial charge in [0.05, 0.1) is 19.1 Å². The summed E-state index contributed by atoms with van der Waals surface area (Å²) in [5.74, 6) is -0.126. The molecule has 26 heavy (non-hydrogen) atoms. The van der Waals surface area contributed by atoms with E-state index in [0.29, 0.717) is 5.92 Å². The zero-order valence-electron chi connectivity index (χ0n) is 16.4. The molecule has 0 bridgehead atoms. The maximum Gasteiger partial charge on any atom is 0.239 e. The van der Waals surface area contributed by atoms with E-state index < -0.39 is 5.91 Å². The molecule has 0 aliphatic rings. The Morgan fingerprint density at radius 2 is 1.46 bits per heavy atom. The Labute approximate surface area is 156 Å². The lowest BCUT2D eigenvalue weighted by Gasteiger charge is -2.23. The summed E-state index contributed by atoms with van der Waals surface area (Å²) in [6, 6.07) is 8.19. The molecule has 0 heterocycles. The number of carbonyl (C=O) groups excluding carboxylic acids is 3. The van der Waals surface area contributed by atoms with Gasteiger partial charge in [-0.1, -0.05) is 52.0 Å². The molecular weight excluding hydrogens is 330 g/mol. The van der Waals surface area contributed by atoms with Crippen molar-refractivity contribution in [3.05, 3.63) is 35.4 Å². The molecule has 1 atom stereocenters. The molecule has 1 aromatic carbocycles. The number of nitrogens with one attached hydrogen (secondary N) is 3. The number of hydrogen-bond acceptors (Lipinski definition) is 3. The van der Waals surface area contributed by atoms with Crippen molar-refractivity contribution in [1.82, 2.24) is 16.0 Å². The van der Waals surface area contributed by atoms with Gasteiger partial charge in [0.2, 0.25) is 17.7 Å². The lowest BCUT2D eigenvalue weighted by molar-refractivity contribution is -0.127. The third kappa shape index (κ3) is 8.14. The largest absolute Gasteiger partial charge is 0.348 e. The van der Waals surface area contributed by atoms with Gasteiger partial charge < -0.3 is 16.0 Å². The highest BCUT2D eigenvalue weighted by Crippen LogP contribution is 2.22. The van der Waals surface area contributed by atoms with Crippen LogP contribution in [-0.4, -0.2) is 30.8 Å². The maximum atomic E-state index is 12.2. The topological polar surface area (TPSA) is 87.3 Å². The number of benzene rings is 1. The van der Waals surface area contributed by atoms with Crippen LogP contribution in [0.15, 0.2) is 24.3 Å². The summed E-state index contributed by atoms with van der Waals surface area (Å²) in [6.45, 7) is 9.54. The Morgan fingerprint density at radius 1 is 0.885 bits per heavy atom. The standard InChI is InChI=1S/C20H31N3O3/c1-13(2)10-16-6-8-17(9-7-16)20(14(3)4)23-19(26)12-22-18(25)11-21-15(5)24/h6-9,13-14,20H,10-12H2,1-5H3,(H,21,24)(H,22,25)(H,23,26). The molecule has 3 N–H and O–H groups in total. The second-order valence-corrected chi connectivity index (χ2v) is 7.32. The maximum absolute atomic E-state index is 12.2. The summed E-state index contributed by atoms with van der Waals surface area (Å²) in [5.41, 5.74) is 2.33. The van der Waals surface area contributed by atoms with E-state index in [1.54, 1.807) is 0 Å². The van der Waals surface area contributed by atoms with Gasteiger partial charge in [0.15, 0.2) is 0 Å². The number of hydrogen-bond donors (Lipinski definition) is 3. The Hall–Kier alpha value is -2.37. The summed E-state index contributed by atoms with van der Waals surface area (Å²) in [4.78, 5) is 34.5. The molecule has 6 nitrogen and oxygen atoms in total. The minimum atomic E-state index is -0.394. The molecule has 0 saturated carbocycles. The molecule has 1 aromatic rings. The predicted octanol–water partition coefficient (Wildman–Crippen LogP) is 1.95. The van der Waals surface area contributed by atoms with Crippen LogP contribution in [0.3, 0.4) is 0 Å². The van der Waals surface area contributed by atoms with Crippen molar-refractivity contribution in [2.24, 2.45) is 11.8 Å². The fraction of sp³-hybridized carbons (Fsp3) is 0.550. The highest BCUT2D eigenvalue weighted by atomic mass is 16.2. The van der Waals surface area contributed by atoms with E-state index in [2.05, 4.69) is 54.1 Å². The summed E-state index contributed by atoms with van der Waals surface area (Å²) in [5, 5.41) is 7.86. The van der Waals surface area contributed by atoms with Crippen LogP contribution in [0.5, 0.6) is 0 Å². The molecule has 1 unspecified atom stereocenters. The van der Waals surface area contributed by atoms with Crippen molar-refractivity contribution < 1.29 is 14.4 Å². The molecule has 0 fully saturated rings. The summed E-state index contributed by atoms with van der Waals surface area (Å²) >= 11 is 0. The highest BCUT2D eigenvalue weighted by molar-refractivity contribution is 5.87. The van der Waals surface area contributed by atoms with Crippen LogP contribution in [0.1, 0.15) is 51.8 Å². The smallest absolute Gasteiger partial charge is 0.239 e. The molecule has 3 amide bonds. The lowest BCUT2D eigenvalue weighted by Crippen LogP contribution is -2.43. The van der Waals surface area contributed by atoms with Gasteiger partial charge in [0, 0.05) is 6.92 Å². The molecule has 144 valence electrons. The SMILES string of the molecule is CC(=O)NCC(=O)NCC(=O)NC(c1ccc(CC(C)C)cc1)C(C)C. The fourth-order valence-corrected chi connectivity index (χ4v) is 2.64. The normalized spacial score (nSPS) is 12.0. The van der Waals surface area contributed by atoms with Crippen molar-refractivity contribution in [2.45, 2.75) is 47.1 Å². The molecule has 0 aliphatic carbocycles. The van der Waals surface area contributed by atoms with Crippen LogP contribution in [0.2, 0.25) is 0 Å². The minimum absolute atomic E-state index is 0.118. The molecule has 0 aromatic heterocycles. The first-order chi connectivity index (χ1) is 12.2. The highest BCUT2D eigenvalue weighted by Gasteiger charge is 2.18. The van der Waals surface area contributed by atoms with Gasteiger partial charge in [-0.05, 0) is 29.4 Å². The van der Waals surface area contributed by atoms with Gasteiger partial charge in [-0.15, -0.1) is 0 Å². The van der Waals surface area contributed by atoms with E-state index >= 15 is 0 Å². The van der Waals surface area contributed by atoms with Crippen LogP contribution in [0.25, 0.3) is 0 Å². The second kappa shape index (κ2) is 10.6. The van der Waals surface area contributed by atoms with Crippen molar-refractivity contribution in [3.8, 4) is 0 Å².